The van der Waals surface area contributed by atoms with Gasteiger partial charge in [-0.1, -0.05) is 0 Å². The highest BCUT2D eigenvalue weighted by atomic mass is 79.9. The maximum absolute atomic E-state index is 5.90. The van der Waals surface area contributed by atoms with Gasteiger partial charge >= 0.3 is 0 Å². The van der Waals surface area contributed by atoms with Crippen LogP contribution in [-0.4, -0.2) is 24.6 Å². The fraction of sp³-hybridized carbons (Fsp3) is 0.500. The summed E-state index contributed by atoms with van der Waals surface area (Å²) < 4.78 is 1.11. The number of nitrogens with two attached hydrogens (primary N) is 1. The number of nitrogens with zero attached hydrogens (tertiary/aromatic N) is 1. The number of benzene rings is 1. The van der Waals surface area contributed by atoms with Crippen LogP contribution in [0.25, 0.3) is 0 Å². The molecular weight excluding hydrogens is 284 g/mol. The Hall–Kier alpha value is -0.350. The highest BCUT2D eigenvalue weighted by Gasteiger charge is 2.13. The maximum atomic E-state index is 5.90. The normalized spacial score (nSPS) is 17.2. The van der Waals surface area contributed by atoms with E-state index in [1.165, 1.54) is 23.6 Å². The SMILES string of the molecule is Cc1cc(N2CCCSCC2)c(Br)cc1N. The van der Waals surface area contributed by atoms with E-state index in [4.69, 9.17) is 5.73 Å². The first-order valence-corrected chi connectivity index (χ1v) is 7.51. The van der Waals surface area contributed by atoms with Gasteiger partial charge in [-0.25, -0.2) is 0 Å². The van der Waals surface area contributed by atoms with E-state index in [0.29, 0.717) is 0 Å². The summed E-state index contributed by atoms with van der Waals surface area (Å²) in [6.45, 7) is 4.35. The smallest absolute Gasteiger partial charge is 0.0515 e. The van der Waals surface area contributed by atoms with Crippen molar-refractivity contribution in [1.29, 1.82) is 0 Å². The van der Waals surface area contributed by atoms with Crippen LogP contribution in [0.3, 0.4) is 0 Å². The van der Waals surface area contributed by atoms with Crippen molar-refractivity contribution in [2.24, 2.45) is 0 Å². The number of hydrogen-bond acceptors (Lipinski definition) is 3. The molecule has 2 rings (SSSR count). The lowest BCUT2D eigenvalue weighted by molar-refractivity contribution is 0.814. The lowest BCUT2D eigenvalue weighted by Gasteiger charge is -2.24. The molecule has 2 N–H and O–H groups in total. The number of nitrogen functional groups attached to an aromatic ring is 1. The molecule has 0 atom stereocenters. The number of aryl methyl sites for hydroxylation is 1. The Balaban J connectivity index is 2.27. The summed E-state index contributed by atoms with van der Waals surface area (Å²) in [5, 5.41) is 0. The number of halogens is 1. The fourth-order valence-electron chi connectivity index (χ4n) is 1.91. The Morgan fingerprint density at radius 2 is 2.12 bits per heavy atom. The molecule has 4 heteroatoms. The lowest BCUT2D eigenvalue weighted by Crippen LogP contribution is -2.25. The topological polar surface area (TPSA) is 29.3 Å². The Morgan fingerprint density at radius 1 is 1.31 bits per heavy atom. The second kappa shape index (κ2) is 5.32. The van der Waals surface area contributed by atoms with E-state index in [1.54, 1.807) is 0 Å². The first kappa shape index (κ1) is 12.1. The van der Waals surface area contributed by atoms with Crippen LogP contribution < -0.4 is 10.6 Å². The molecule has 1 aliphatic rings. The van der Waals surface area contributed by atoms with Crippen LogP contribution in [0.2, 0.25) is 0 Å². The minimum absolute atomic E-state index is 0.861. The average Bonchev–Trinajstić information content (AvgIpc) is 2.52. The van der Waals surface area contributed by atoms with E-state index >= 15 is 0 Å². The third-order valence-electron chi connectivity index (χ3n) is 2.90. The summed E-state index contributed by atoms with van der Waals surface area (Å²) in [4.78, 5) is 2.45. The zero-order valence-electron chi connectivity index (χ0n) is 9.50. The first-order chi connectivity index (χ1) is 7.68. The molecule has 1 aliphatic heterocycles. The maximum Gasteiger partial charge on any atom is 0.0515 e. The molecular formula is C12H17BrN2S. The van der Waals surface area contributed by atoms with E-state index in [2.05, 4.69) is 33.8 Å². The van der Waals surface area contributed by atoms with Crippen molar-refractivity contribution in [3.8, 4) is 0 Å². The number of thioether (sulfide) groups is 1. The van der Waals surface area contributed by atoms with E-state index < -0.39 is 0 Å². The van der Waals surface area contributed by atoms with Gasteiger partial charge in [-0.15, -0.1) is 0 Å². The zero-order chi connectivity index (χ0) is 11.5. The first-order valence-electron chi connectivity index (χ1n) is 5.57. The minimum atomic E-state index is 0.861. The molecule has 16 heavy (non-hydrogen) atoms. The molecule has 2 nitrogen and oxygen atoms in total. The summed E-state index contributed by atoms with van der Waals surface area (Å²) in [6, 6.07) is 4.21. The van der Waals surface area contributed by atoms with Gasteiger partial charge in [0.15, 0.2) is 0 Å². The van der Waals surface area contributed by atoms with Crippen molar-refractivity contribution in [3.63, 3.8) is 0 Å². The second-order valence-corrected chi connectivity index (χ2v) is 6.19. The highest BCUT2D eigenvalue weighted by molar-refractivity contribution is 9.10. The molecule has 1 heterocycles. The van der Waals surface area contributed by atoms with Crippen molar-refractivity contribution < 1.29 is 0 Å². The molecule has 1 fully saturated rings. The molecule has 1 saturated heterocycles. The van der Waals surface area contributed by atoms with Crippen molar-refractivity contribution in [3.05, 3.63) is 22.2 Å². The Morgan fingerprint density at radius 3 is 2.94 bits per heavy atom. The van der Waals surface area contributed by atoms with Crippen molar-refractivity contribution in [1.82, 2.24) is 0 Å². The van der Waals surface area contributed by atoms with E-state index in [1.807, 2.05) is 17.8 Å². The summed E-state index contributed by atoms with van der Waals surface area (Å²) in [6.07, 6.45) is 1.26. The molecule has 0 aliphatic carbocycles. The fourth-order valence-corrected chi connectivity index (χ4v) is 3.41. The average molecular weight is 301 g/mol. The molecule has 0 spiro atoms. The predicted molar refractivity (Wildman–Crippen MR) is 77.4 cm³/mol. The van der Waals surface area contributed by atoms with Crippen LogP contribution >= 0.6 is 27.7 Å². The van der Waals surface area contributed by atoms with Crippen LogP contribution in [0.15, 0.2) is 16.6 Å². The van der Waals surface area contributed by atoms with Crippen molar-refractivity contribution >= 4 is 39.1 Å². The van der Waals surface area contributed by atoms with Crippen molar-refractivity contribution in [2.45, 2.75) is 13.3 Å². The molecule has 0 radical (unpaired) electrons. The molecule has 1 aromatic rings. The molecule has 0 amide bonds. The highest BCUT2D eigenvalue weighted by Crippen LogP contribution is 2.31. The van der Waals surface area contributed by atoms with Crippen LogP contribution in [0, 0.1) is 6.92 Å². The van der Waals surface area contributed by atoms with Gasteiger partial charge in [0.2, 0.25) is 0 Å². The van der Waals surface area contributed by atoms with Crippen LogP contribution in [0.5, 0.6) is 0 Å². The van der Waals surface area contributed by atoms with Gasteiger partial charge in [0.25, 0.3) is 0 Å². The molecule has 0 unspecified atom stereocenters. The van der Waals surface area contributed by atoms with Gasteiger partial charge < -0.3 is 10.6 Å². The van der Waals surface area contributed by atoms with Crippen LogP contribution in [-0.2, 0) is 0 Å². The summed E-state index contributed by atoms with van der Waals surface area (Å²) in [7, 11) is 0. The van der Waals surface area contributed by atoms with Gasteiger partial charge in [-0.05, 0) is 52.7 Å². The Bertz CT molecular complexity index is 374. The van der Waals surface area contributed by atoms with Gasteiger partial charge in [0.05, 0.1) is 5.69 Å². The van der Waals surface area contributed by atoms with Crippen LogP contribution in [0.1, 0.15) is 12.0 Å². The third-order valence-corrected chi connectivity index (χ3v) is 4.58. The number of hydrogen-bond donors (Lipinski definition) is 1. The molecule has 1 aromatic carbocycles. The molecule has 0 aromatic heterocycles. The lowest BCUT2D eigenvalue weighted by atomic mass is 10.1. The van der Waals surface area contributed by atoms with Gasteiger partial charge in [0, 0.05) is 29.0 Å². The Kier molecular flexibility index (Phi) is 4.03. The largest absolute Gasteiger partial charge is 0.398 e. The minimum Gasteiger partial charge on any atom is -0.398 e. The number of rotatable bonds is 1. The van der Waals surface area contributed by atoms with Gasteiger partial charge in [-0.2, -0.15) is 11.8 Å². The summed E-state index contributed by atoms with van der Waals surface area (Å²) in [5.74, 6) is 2.50. The van der Waals surface area contributed by atoms with Crippen LogP contribution in [0.4, 0.5) is 11.4 Å². The monoisotopic (exact) mass is 300 g/mol. The molecule has 88 valence electrons. The van der Waals surface area contributed by atoms with Gasteiger partial charge in [0.1, 0.15) is 0 Å². The number of anilines is 2. The van der Waals surface area contributed by atoms with E-state index in [9.17, 15) is 0 Å². The second-order valence-electron chi connectivity index (χ2n) is 4.11. The van der Waals surface area contributed by atoms with Gasteiger partial charge in [-0.3, -0.25) is 0 Å². The zero-order valence-corrected chi connectivity index (χ0v) is 11.9. The summed E-state index contributed by atoms with van der Waals surface area (Å²) >= 11 is 5.66. The predicted octanol–water partition coefficient (Wildman–Crippen LogP) is 3.28. The summed E-state index contributed by atoms with van der Waals surface area (Å²) in [5.41, 5.74) is 9.21. The Labute approximate surface area is 110 Å². The van der Waals surface area contributed by atoms with E-state index in [-0.39, 0.29) is 0 Å². The third kappa shape index (κ3) is 2.66. The van der Waals surface area contributed by atoms with E-state index in [0.717, 1.165) is 28.8 Å². The van der Waals surface area contributed by atoms with Crippen molar-refractivity contribution in [2.75, 3.05) is 35.2 Å². The quantitative estimate of drug-likeness (QED) is 0.807. The molecule has 0 bridgehead atoms. The standard InChI is InChI=1S/C12H17BrN2S/c1-9-7-12(10(13)8-11(9)14)15-3-2-5-16-6-4-15/h7-8H,2-6,14H2,1H3. The molecule has 0 saturated carbocycles.